The van der Waals surface area contributed by atoms with Crippen molar-refractivity contribution in [1.82, 2.24) is 0 Å². The van der Waals surface area contributed by atoms with Crippen LogP contribution in [0.3, 0.4) is 0 Å². The van der Waals surface area contributed by atoms with Crippen molar-refractivity contribution in [2.75, 3.05) is 17.2 Å². The number of nitrogens with one attached hydrogen (secondary N) is 2. The second kappa shape index (κ2) is 7.52. The van der Waals surface area contributed by atoms with Crippen LogP contribution in [0, 0.1) is 13.8 Å². The molecule has 0 saturated heterocycles. The number of carbonyl (C=O) groups is 1. The predicted molar refractivity (Wildman–Crippen MR) is 94.1 cm³/mol. The van der Waals surface area contributed by atoms with Crippen molar-refractivity contribution >= 4 is 40.5 Å². The fourth-order valence-corrected chi connectivity index (χ4v) is 2.71. The van der Waals surface area contributed by atoms with Gasteiger partial charge in [-0.2, -0.15) is 0 Å². The molecule has 0 heterocycles. The van der Waals surface area contributed by atoms with Crippen LogP contribution >= 0.6 is 23.2 Å². The summed E-state index contributed by atoms with van der Waals surface area (Å²) in [6.07, 6.45) is 0.329. The van der Waals surface area contributed by atoms with Gasteiger partial charge in [-0.25, -0.2) is 0 Å². The van der Waals surface area contributed by atoms with E-state index < -0.39 is 0 Å². The number of halogens is 2. The van der Waals surface area contributed by atoms with E-state index in [9.17, 15) is 4.79 Å². The molecule has 2 N–H and O–H groups in total. The molecule has 0 aliphatic carbocycles. The lowest BCUT2D eigenvalue weighted by molar-refractivity contribution is -0.115. The number of hydrogen-bond acceptors (Lipinski definition) is 2. The number of aryl methyl sites for hydroxylation is 2. The molecule has 0 aliphatic heterocycles. The number of hydrogen-bond donors (Lipinski definition) is 2. The number of para-hydroxylation sites is 2. The summed E-state index contributed by atoms with van der Waals surface area (Å²) in [7, 11) is 0. The van der Waals surface area contributed by atoms with Crippen LogP contribution in [-0.2, 0) is 4.79 Å². The first kappa shape index (κ1) is 16.7. The van der Waals surface area contributed by atoms with Gasteiger partial charge < -0.3 is 10.6 Å². The summed E-state index contributed by atoms with van der Waals surface area (Å²) in [5.41, 5.74) is 3.64. The van der Waals surface area contributed by atoms with Crippen LogP contribution in [0.5, 0.6) is 0 Å². The zero-order chi connectivity index (χ0) is 16.1. The third kappa shape index (κ3) is 4.15. The van der Waals surface area contributed by atoms with Gasteiger partial charge in [0.2, 0.25) is 5.91 Å². The van der Waals surface area contributed by atoms with Crippen molar-refractivity contribution in [2.24, 2.45) is 0 Å². The molecule has 0 saturated carbocycles. The molecule has 0 atom stereocenters. The summed E-state index contributed by atoms with van der Waals surface area (Å²) < 4.78 is 0. The summed E-state index contributed by atoms with van der Waals surface area (Å²) in [6, 6.07) is 11.2. The summed E-state index contributed by atoms with van der Waals surface area (Å²) in [6.45, 7) is 4.41. The van der Waals surface area contributed by atoms with E-state index in [0.29, 0.717) is 28.7 Å². The Morgan fingerprint density at radius 2 is 1.50 bits per heavy atom. The molecular formula is C17H18Cl2N2O. The third-order valence-electron chi connectivity index (χ3n) is 3.36. The van der Waals surface area contributed by atoms with E-state index in [2.05, 4.69) is 10.6 Å². The molecule has 2 rings (SSSR count). The van der Waals surface area contributed by atoms with Crippen molar-refractivity contribution < 1.29 is 4.79 Å². The normalized spacial score (nSPS) is 10.4. The van der Waals surface area contributed by atoms with E-state index in [4.69, 9.17) is 23.2 Å². The largest absolute Gasteiger partial charge is 0.382 e. The minimum absolute atomic E-state index is 0.0481. The van der Waals surface area contributed by atoms with Gasteiger partial charge in [-0.1, -0.05) is 47.5 Å². The number of amides is 1. The first-order valence-corrected chi connectivity index (χ1v) is 7.78. The van der Waals surface area contributed by atoms with Gasteiger partial charge in [-0.3, -0.25) is 4.79 Å². The summed E-state index contributed by atoms with van der Waals surface area (Å²) in [4.78, 5) is 12.1. The Balaban J connectivity index is 1.91. The maximum absolute atomic E-state index is 12.1. The Hall–Kier alpha value is -1.71. The first-order chi connectivity index (χ1) is 10.5. The molecular weight excluding hydrogens is 319 g/mol. The van der Waals surface area contributed by atoms with Crippen LogP contribution in [0.1, 0.15) is 17.5 Å². The Bertz CT molecular complexity index is 646. The van der Waals surface area contributed by atoms with Gasteiger partial charge in [-0.05, 0) is 37.1 Å². The lowest BCUT2D eigenvalue weighted by Crippen LogP contribution is -2.17. The van der Waals surface area contributed by atoms with Crippen LogP contribution in [0.4, 0.5) is 11.4 Å². The van der Waals surface area contributed by atoms with Gasteiger partial charge in [-0.15, -0.1) is 0 Å². The van der Waals surface area contributed by atoms with Crippen molar-refractivity contribution in [3.63, 3.8) is 0 Å². The Kier molecular flexibility index (Phi) is 5.69. The number of benzene rings is 2. The highest BCUT2D eigenvalue weighted by atomic mass is 35.5. The maximum atomic E-state index is 12.1. The van der Waals surface area contributed by atoms with Crippen molar-refractivity contribution in [1.29, 1.82) is 0 Å². The minimum atomic E-state index is -0.0481. The smallest absolute Gasteiger partial charge is 0.226 e. The zero-order valence-corrected chi connectivity index (χ0v) is 14.1. The van der Waals surface area contributed by atoms with E-state index in [1.54, 1.807) is 18.2 Å². The van der Waals surface area contributed by atoms with E-state index in [1.807, 2.05) is 32.0 Å². The lowest BCUT2D eigenvalue weighted by Gasteiger charge is -2.13. The van der Waals surface area contributed by atoms with Crippen LogP contribution in [0.2, 0.25) is 10.0 Å². The molecule has 5 heteroatoms. The second-order valence-electron chi connectivity index (χ2n) is 5.09. The molecule has 0 bridgehead atoms. The standard InChI is InChI=1S/C17H18Cl2N2O/c1-11-5-3-6-12(2)16(11)21-15(22)9-10-20-17-13(18)7-4-8-14(17)19/h3-8,20H,9-10H2,1-2H3,(H,21,22). The second-order valence-corrected chi connectivity index (χ2v) is 5.90. The molecule has 0 fully saturated rings. The summed E-state index contributed by atoms with van der Waals surface area (Å²) >= 11 is 12.1. The minimum Gasteiger partial charge on any atom is -0.382 e. The topological polar surface area (TPSA) is 41.1 Å². The monoisotopic (exact) mass is 336 g/mol. The molecule has 0 unspecified atom stereocenters. The van der Waals surface area contributed by atoms with Crippen molar-refractivity contribution in [3.8, 4) is 0 Å². The Morgan fingerprint density at radius 1 is 0.955 bits per heavy atom. The summed E-state index contributed by atoms with van der Waals surface area (Å²) in [5.74, 6) is -0.0481. The van der Waals surface area contributed by atoms with Crippen LogP contribution < -0.4 is 10.6 Å². The van der Waals surface area contributed by atoms with Gasteiger partial charge in [0.05, 0.1) is 15.7 Å². The molecule has 0 spiro atoms. The van der Waals surface area contributed by atoms with E-state index in [0.717, 1.165) is 16.8 Å². The van der Waals surface area contributed by atoms with Gasteiger partial charge in [0.1, 0.15) is 0 Å². The zero-order valence-electron chi connectivity index (χ0n) is 12.5. The van der Waals surface area contributed by atoms with E-state index in [1.165, 1.54) is 0 Å². The summed E-state index contributed by atoms with van der Waals surface area (Å²) in [5, 5.41) is 7.14. The van der Waals surface area contributed by atoms with Gasteiger partial charge >= 0.3 is 0 Å². The fraction of sp³-hybridized carbons (Fsp3) is 0.235. The van der Waals surface area contributed by atoms with Crippen LogP contribution in [-0.4, -0.2) is 12.5 Å². The van der Waals surface area contributed by atoms with Crippen LogP contribution in [0.25, 0.3) is 0 Å². The fourth-order valence-electron chi connectivity index (χ4n) is 2.18. The van der Waals surface area contributed by atoms with E-state index in [-0.39, 0.29) is 5.91 Å². The highest BCUT2D eigenvalue weighted by Gasteiger charge is 2.08. The Labute approximate surface area is 140 Å². The number of rotatable bonds is 5. The highest BCUT2D eigenvalue weighted by Crippen LogP contribution is 2.29. The Morgan fingerprint density at radius 3 is 2.09 bits per heavy atom. The van der Waals surface area contributed by atoms with Gasteiger partial charge in [0, 0.05) is 18.7 Å². The molecule has 1 amide bonds. The average Bonchev–Trinajstić information content (AvgIpc) is 2.46. The molecule has 0 aliphatic rings. The quantitative estimate of drug-likeness (QED) is 0.801. The first-order valence-electron chi connectivity index (χ1n) is 7.03. The molecule has 2 aromatic rings. The molecule has 0 aromatic heterocycles. The molecule has 0 radical (unpaired) electrons. The highest BCUT2D eigenvalue weighted by molar-refractivity contribution is 6.39. The average molecular weight is 337 g/mol. The SMILES string of the molecule is Cc1cccc(C)c1NC(=O)CCNc1c(Cl)cccc1Cl. The molecule has 22 heavy (non-hydrogen) atoms. The molecule has 3 nitrogen and oxygen atoms in total. The van der Waals surface area contributed by atoms with Gasteiger partial charge in [0.25, 0.3) is 0 Å². The van der Waals surface area contributed by atoms with Crippen molar-refractivity contribution in [3.05, 3.63) is 57.6 Å². The lowest BCUT2D eigenvalue weighted by atomic mass is 10.1. The van der Waals surface area contributed by atoms with Crippen molar-refractivity contribution in [2.45, 2.75) is 20.3 Å². The molecule has 116 valence electrons. The van der Waals surface area contributed by atoms with E-state index >= 15 is 0 Å². The molecule has 2 aromatic carbocycles. The van der Waals surface area contributed by atoms with Crippen LogP contribution in [0.15, 0.2) is 36.4 Å². The maximum Gasteiger partial charge on any atom is 0.226 e. The number of carbonyl (C=O) groups excluding carboxylic acids is 1. The van der Waals surface area contributed by atoms with Gasteiger partial charge in [0.15, 0.2) is 0 Å². The predicted octanol–water partition coefficient (Wildman–Crippen LogP) is 5.05. The number of anilines is 2. The third-order valence-corrected chi connectivity index (χ3v) is 3.99.